The molecule has 1 saturated heterocycles. The largest absolute Gasteiger partial charge is 0.465 e. The number of hydrogen-bond donors (Lipinski definition) is 1. The van der Waals surface area contributed by atoms with Crippen LogP contribution in [0.25, 0.3) is 6.08 Å². The van der Waals surface area contributed by atoms with Gasteiger partial charge in [0.1, 0.15) is 5.76 Å². The van der Waals surface area contributed by atoms with E-state index in [0.29, 0.717) is 20.7 Å². The van der Waals surface area contributed by atoms with E-state index >= 15 is 0 Å². The zero-order chi connectivity index (χ0) is 17.8. The summed E-state index contributed by atoms with van der Waals surface area (Å²) in [6, 6.07) is 10.5. The number of hydrogen-bond acceptors (Lipinski definition) is 5. The lowest BCUT2D eigenvalue weighted by Gasteiger charge is -2.16. The second-order valence-electron chi connectivity index (χ2n) is 4.83. The number of furan rings is 1. The molecular weight excluding hydrogens is 424 g/mol. The number of rotatable bonds is 4. The minimum absolute atomic E-state index is 0.267. The number of hydrazine groups is 1. The molecule has 25 heavy (non-hydrogen) atoms. The topological polar surface area (TPSA) is 62.6 Å². The maximum Gasteiger partial charge on any atom is 0.285 e. The Hall–Kier alpha value is -2.16. The Balaban J connectivity index is 1.71. The standard InChI is InChI=1S/C17H11BrN2O3S2/c18-13-8-2-1-7-12(13)15(21)19-20-16(22)14(25-17(20)24)9-3-5-11-6-4-10-23-11/h1-10H,(H,19,21). The molecule has 0 saturated carbocycles. The second kappa shape index (κ2) is 7.81. The van der Waals surface area contributed by atoms with Crippen LogP contribution in [0.15, 0.2) is 68.6 Å². The van der Waals surface area contributed by atoms with Gasteiger partial charge in [-0.2, -0.15) is 5.01 Å². The number of allylic oxidation sites excluding steroid dienone is 2. The summed E-state index contributed by atoms with van der Waals surface area (Å²) >= 11 is 9.61. The lowest BCUT2D eigenvalue weighted by atomic mass is 10.2. The van der Waals surface area contributed by atoms with E-state index in [1.807, 2.05) is 0 Å². The van der Waals surface area contributed by atoms with Crippen molar-refractivity contribution in [1.82, 2.24) is 10.4 Å². The molecular formula is C17H11BrN2O3S2. The van der Waals surface area contributed by atoms with E-state index < -0.39 is 5.91 Å². The number of nitrogens with zero attached hydrogens (tertiary/aromatic N) is 1. The van der Waals surface area contributed by atoms with Crippen LogP contribution in [0.5, 0.6) is 0 Å². The molecule has 1 N–H and O–H groups in total. The number of carbonyl (C=O) groups excluding carboxylic acids is 2. The molecule has 5 nitrogen and oxygen atoms in total. The highest BCUT2D eigenvalue weighted by molar-refractivity contribution is 9.10. The molecule has 8 heteroatoms. The molecule has 0 spiro atoms. The SMILES string of the molecule is O=C(NN1C(=O)C(=CC=Cc2ccco2)SC1=S)c1ccccc1Br. The molecule has 2 amide bonds. The van der Waals surface area contributed by atoms with Crippen LogP contribution in [-0.4, -0.2) is 21.1 Å². The van der Waals surface area contributed by atoms with Crippen LogP contribution in [0.1, 0.15) is 16.1 Å². The normalized spacial score (nSPS) is 16.2. The average molecular weight is 435 g/mol. The summed E-state index contributed by atoms with van der Waals surface area (Å²) in [6.07, 6.45) is 6.62. The summed E-state index contributed by atoms with van der Waals surface area (Å²) in [5, 5.41) is 1.08. The monoisotopic (exact) mass is 434 g/mol. The van der Waals surface area contributed by atoms with Crippen LogP contribution in [0.2, 0.25) is 0 Å². The van der Waals surface area contributed by atoms with Gasteiger partial charge in [0, 0.05) is 4.47 Å². The lowest BCUT2D eigenvalue weighted by molar-refractivity contribution is -0.123. The maximum atomic E-state index is 12.4. The van der Waals surface area contributed by atoms with Crippen LogP contribution >= 0.6 is 39.9 Å². The zero-order valence-corrected chi connectivity index (χ0v) is 15.9. The van der Waals surface area contributed by atoms with Gasteiger partial charge in [-0.25, -0.2) is 0 Å². The van der Waals surface area contributed by atoms with Gasteiger partial charge in [0.05, 0.1) is 16.7 Å². The Kier molecular flexibility index (Phi) is 5.52. The molecule has 1 aromatic carbocycles. The van der Waals surface area contributed by atoms with Crippen molar-refractivity contribution in [3.8, 4) is 0 Å². The Morgan fingerprint density at radius 2 is 2.08 bits per heavy atom. The van der Waals surface area contributed by atoms with Gasteiger partial charge >= 0.3 is 0 Å². The summed E-state index contributed by atoms with van der Waals surface area (Å²) in [4.78, 5) is 25.2. The van der Waals surface area contributed by atoms with E-state index in [1.165, 1.54) is 0 Å². The van der Waals surface area contributed by atoms with Crippen LogP contribution in [0, 0.1) is 0 Å². The van der Waals surface area contributed by atoms with Crippen molar-refractivity contribution in [2.24, 2.45) is 0 Å². The fraction of sp³-hybridized carbons (Fsp3) is 0. The van der Waals surface area contributed by atoms with Crippen LogP contribution in [0.4, 0.5) is 0 Å². The van der Waals surface area contributed by atoms with Crippen molar-refractivity contribution in [2.45, 2.75) is 0 Å². The molecule has 1 fully saturated rings. The fourth-order valence-corrected chi connectivity index (χ4v) is 3.60. The Morgan fingerprint density at radius 3 is 2.80 bits per heavy atom. The number of nitrogens with one attached hydrogen (secondary N) is 1. The van der Waals surface area contributed by atoms with Crippen molar-refractivity contribution < 1.29 is 14.0 Å². The molecule has 2 aromatic rings. The van der Waals surface area contributed by atoms with Gasteiger partial charge < -0.3 is 4.42 Å². The van der Waals surface area contributed by atoms with Crippen LogP contribution in [0.3, 0.4) is 0 Å². The van der Waals surface area contributed by atoms with Gasteiger partial charge in [0.15, 0.2) is 4.32 Å². The van der Waals surface area contributed by atoms with E-state index in [4.69, 9.17) is 16.6 Å². The van der Waals surface area contributed by atoms with Gasteiger partial charge in [-0.1, -0.05) is 30.0 Å². The number of thiocarbonyl (C=S) groups is 1. The number of halogens is 1. The Morgan fingerprint density at radius 1 is 1.28 bits per heavy atom. The quantitative estimate of drug-likeness (QED) is 0.578. The van der Waals surface area contributed by atoms with Gasteiger partial charge in [0.2, 0.25) is 0 Å². The summed E-state index contributed by atoms with van der Waals surface area (Å²) in [5.74, 6) is -0.121. The van der Waals surface area contributed by atoms with Gasteiger partial charge in [-0.05, 0) is 64.6 Å². The van der Waals surface area contributed by atoms with Gasteiger partial charge in [-0.15, -0.1) is 0 Å². The smallest absolute Gasteiger partial charge is 0.285 e. The summed E-state index contributed by atoms with van der Waals surface area (Å²) in [7, 11) is 0. The molecule has 0 unspecified atom stereocenters. The predicted octanol–water partition coefficient (Wildman–Crippen LogP) is 4.14. The highest BCUT2D eigenvalue weighted by atomic mass is 79.9. The van der Waals surface area contributed by atoms with E-state index in [0.717, 1.165) is 16.8 Å². The maximum absolute atomic E-state index is 12.4. The third-order valence-corrected chi connectivity index (χ3v) is 5.19. The van der Waals surface area contributed by atoms with Crippen molar-refractivity contribution in [2.75, 3.05) is 0 Å². The van der Waals surface area contributed by atoms with E-state index in [-0.39, 0.29) is 10.2 Å². The number of carbonyl (C=O) groups is 2. The first kappa shape index (κ1) is 17.7. The third-order valence-electron chi connectivity index (χ3n) is 3.18. The first-order valence-electron chi connectivity index (χ1n) is 7.10. The van der Waals surface area contributed by atoms with Crippen molar-refractivity contribution in [1.29, 1.82) is 0 Å². The summed E-state index contributed by atoms with van der Waals surface area (Å²) in [6.45, 7) is 0. The molecule has 2 heterocycles. The van der Waals surface area contributed by atoms with E-state index in [2.05, 4.69) is 21.4 Å². The molecule has 3 rings (SSSR count). The molecule has 1 aromatic heterocycles. The minimum atomic E-state index is -0.420. The predicted molar refractivity (Wildman–Crippen MR) is 104 cm³/mol. The fourth-order valence-electron chi connectivity index (χ4n) is 2.00. The number of benzene rings is 1. The Bertz CT molecular complexity index is 891. The van der Waals surface area contributed by atoms with E-state index in [1.54, 1.807) is 60.9 Å². The van der Waals surface area contributed by atoms with Crippen LogP contribution < -0.4 is 5.43 Å². The molecule has 0 aliphatic carbocycles. The van der Waals surface area contributed by atoms with Gasteiger partial charge in [-0.3, -0.25) is 15.0 Å². The molecule has 1 aliphatic heterocycles. The highest BCUT2D eigenvalue weighted by Crippen LogP contribution is 2.30. The minimum Gasteiger partial charge on any atom is -0.465 e. The third kappa shape index (κ3) is 4.09. The van der Waals surface area contributed by atoms with Crippen molar-refractivity contribution in [3.63, 3.8) is 0 Å². The Labute approximate surface area is 161 Å². The molecule has 0 atom stereocenters. The molecule has 126 valence electrons. The van der Waals surface area contributed by atoms with Crippen LogP contribution in [-0.2, 0) is 4.79 Å². The molecule has 0 radical (unpaired) electrons. The van der Waals surface area contributed by atoms with E-state index in [9.17, 15) is 9.59 Å². The first-order chi connectivity index (χ1) is 12.1. The number of thioether (sulfide) groups is 1. The first-order valence-corrected chi connectivity index (χ1v) is 9.11. The highest BCUT2D eigenvalue weighted by Gasteiger charge is 2.33. The van der Waals surface area contributed by atoms with Crippen molar-refractivity contribution in [3.05, 3.63) is 75.5 Å². The summed E-state index contributed by atoms with van der Waals surface area (Å²) < 4.78 is 6.08. The summed E-state index contributed by atoms with van der Waals surface area (Å²) in [5.41, 5.74) is 2.95. The second-order valence-corrected chi connectivity index (χ2v) is 7.36. The average Bonchev–Trinajstić information content (AvgIpc) is 3.19. The molecule has 0 bridgehead atoms. The van der Waals surface area contributed by atoms with Gasteiger partial charge in [0.25, 0.3) is 11.8 Å². The number of amides is 2. The van der Waals surface area contributed by atoms with Crippen molar-refractivity contribution >= 4 is 62.1 Å². The zero-order valence-electron chi connectivity index (χ0n) is 12.6. The lowest BCUT2D eigenvalue weighted by Crippen LogP contribution is -2.44. The molecule has 1 aliphatic rings.